The molecule has 0 spiro atoms. The molecule has 2 aliphatic heterocycles. The number of anilines is 1. The predicted octanol–water partition coefficient (Wildman–Crippen LogP) is 0.531. The Bertz CT molecular complexity index is 707. The molecule has 1 aromatic carbocycles. The van der Waals surface area contributed by atoms with Crippen molar-refractivity contribution in [3.05, 3.63) is 42.5 Å². The number of amides is 1. The van der Waals surface area contributed by atoms with Crippen LogP contribution in [0.1, 0.15) is 12.2 Å². The summed E-state index contributed by atoms with van der Waals surface area (Å²) in [5.41, 5.74) is 1.23. The van der Waals surface area contributed by atoms with Crippen molar-refractivity contribution in [3.8, 4) is 0 Å². The van der Waals surface area contributed by atoms with Crippen molar-refractivity contribution in [2.45, 2.75) is 25.4 Å². The zero-order chi connectivity index (χ0) is 17.1. The Labute approximate surface area is 147 Å². The van der Waals surface area contributed by atoms with Crippen molar-refractivity contribution < 1.29 is 4.79 Å². The summed E-state index contributed by atoms with van der Waals surface area (Å²) in [7, 11) is 0. The van der Waals surface area contributed by atoms with Gasteiger partial charge in [-0.2, -0.15) is 5.10 Å². The second-order valence-corrected chi connectivity index (χ2v) is 6.68. The van der Waals surface area contributed by atoms with E-state index in [-0.39, 0.29) is 5.91 Å². The Morgan fingerprint density at radius 3 is 2.76 bits per heavy atom. The second-order valence-electron chi connectivity index (χ2n) is 6.68. The molecule has 0 saturated carbocycles. The van der Waals surface area contributed by atoms with E-state index in [0.717, 1.165) is 51.4 Å². The number of aromatic nitrogens is 3. The van der Waals surface area contributed by atoms with E-state index in [1.54, 1.807) is 6.33 Å². The van der Waals surface area contributed by atoms with Crippen LogP contribution in [0.2, 0.25) is 0 Å². The zero-order valence-corrected chi connectivity index (χ0v) is 14.3. The first-order valence-corrected chi connectivity index (χ1v) is 8.97. The molecule has 1 N–H and O–H groups in total. The number of benzene rings is 1. The minimum atomic E-state index is 0.192. The van der Waals surface area contributed by atoms with Crippen LogP contribution in [0.5, 0.6) is 0 Å². The number of carbonyl (C=O) groups excluding carboxylic acids is 1. The van der Waals surface area contributed by atoms with Crippen LogP contribution in [0.25, 0.3) is 0 Å². The summed E-state index contributed by atoms with van der Waals surface area (Å²) < 4.78 is 1.93. The minimum Gasteiger partial charge on any atom is -0.368 e. The van der Waals surface area contributed by atoms with Crippen molar-refractivity contribution >= 4 is 11.6 Å². The summed E-state index contributed by atoms with van der Waals surface area (Å²) in [6.07, 6.45) is 3.53. The van der Waals surface area contributed by atoms with E-state index in [0.29, 0.717) is 12.6 Å². The molecule has 2 aromatic rings. The van der Waals surface area contributed by atoms with E-state index >= 15 is 0 Å². The van der Waals surface area contributed by atoms with Crippen LogP contribution < -0.4 is 10.2 Å². The third-order valence-electron chi connectivity index (χ3n) is 5.10. The van der Waals surface area contributed by atoms with Gasteiger partial charge in [-0.15, -0.1) is 0 Å². The van der Waals surface area contributed by atoms with E-state index in [1.165, 1.54) is 5.69 Å². The van der Waals surface area contributed by atoms with Gasteiger partial charge in [0.2, 0.25) is 5.91 Å². The maximum absolute atomic E-state index is 12.5. The van der Waals surface area contributed by atoms with E-state index in [2.05, 4.69) is 44.6 Å². The third kappa shape index (κ3) is 3.66. The lowest BCUT2D eigenvalue weighted by atomic mass is 10.1. The normalized spacial score (nSPS) is 20.4. The number of aryl methyl sites for hydroxylation is 1. The summed E-state index contributed by atoms with van der Waals surface area (Å²) in [5, 5.41) is 7.62. The van der Waals surface area contributed by atoms with Crippen LogP contribution in [-0.2, 0) is 17.8 Å². The molecule has 1 atom stereocenters. The molecule has 3 heterocycles. The Morgan fingerprint density at radius 2 is 1.96 bits per heavy atom. The van der Waals surface area contributed by atoms with Crippen LogP contribution >= 0.6 is 0 Å². The average Bonchev–Trinajstić information content (AvgIpc) is 3.15. The summed E-state index contributed by atoms with van der Waals surface area (Å²) in [5.74, 6) is 1.23. The lowest BCUT2D eigenvalue weighted by Gasteiger charge is -2.36. The average molecular weight is 340 g/mol. The monoisotopic (exact) mass is 340 g/mol. The highest BCUT2D eigenvalue weighted by molar-refractivity contribution is 5.78. The third-order valence-corrected chi connectivity index (χ3v) is 5.10. The molecule has 0 bridgehead atoms. The second kappa shape index (κ2) is 7.23. The Balaban J connectivity index is 1.23. The number of hydrogen-bond donors (Lipinski definition) is 1. The number of carbonyl (C=O) groups is 1. The number of nitrogens with zero attached hydrogens (tertiary/aromatic N) is 5. The number of hydrogen-bond acceptors (Lipinski definition) is 5. The number of fused-ring (bicyclic) bond motifs is 1. The standard InChI is InChI=1S/C18H24N6O/c25-18(12-19-15-6-7-17-20-14-21-24(17)13-15)23-10-8-22(9-11-23)16-4-2-1-3-5-16/h1-5,14-15,19H,6-13H2. The number of rotatable bonds is 4. The van der Waals surface area contributed by atoms with Gasteiger partial charge in [-0.3, -0.25) is 4.79 Å². The molecule has 0 radical (unpaired) electrons. The van der Waals surface area contributed by atoms with E-state index in [1.807, 2.05) is 15.6 Å². The van der Waals surface area contributed by atoms with Gasteiger partial charge in [-0.05, 0) is 18.6 Å². The summed E-state index contributed by atoms with van der Waals surface area (Å²) in [6.45, 7) is 4.55. The van der Waals surface area contributed by atoms with E-state index in [9.17, 15) is 4.79 Å². The van der Waals surface area contributed by atoms with Crippen LogP contribution in [0.4, 0.5) is 5.69 Å². The summed E-state index contributed by atoms with van der Waals surface area (Å²) in [6, 6.07) is 10.7. The van der Waals surface area contributed by atoms with E-state index in [4.69, 9.17) is 0 Å². The van der Waals surface area contributed by atoms with Gasteiger partial charge < -0.3 is 15.1 Å². The molecular weight excluding hydrogens is 316 g/mol. The molecule has 7 heteroatoms. The van der Waals surface area contributed by atoms with Gasteiger partial charge in [0.05, 0.1) is 13.1 Å². The van der Waals surface area contributed by atoms with Crippen molar-refractivity contribution in [1.29, 1.82) is 0 Å². The van der Waals surface area contributed by atoms with Gasteiger partial charge in [0.15, 0.2) is 0 Å². The number of piperazine rings is 1. The maximum Gasteiger partial charge on any atom is 0.236 e. The lowest BCUT2D eigenvalue weighted by molar-refractivity contribution is -0.130. The highest BCUT2D eigenvalue weighted by Crippen LogP contribution is 2.16. The summed E-state index contributed by atoms with van der Waals surface area (Å²) >= 11 is 0. The molecule has 4 rings (SSSR count). The predicted molar refractivity (Wildman–Crippen MR) is 95.4 cm³/mol. The molecule has 1 amide bonds. The first-order valence-electron chi connectivity index (χ1n) is 8.97. The van der Waals surface area contributed by atoms with Gasteiger partial charge in [-0.25, -0.2) is 9.67 Å². The Kier molecular flexibility index (Phi) is 4.65. The van der Waals surface area contributed by atoms with Crippen molar-refractivity contribution in [2.75, 3.05) is 37.6 Å². The van der Waals surface area contributed by atoms with Crippen LogP contribution in [0, 0.1) is 0 Å². The number of para-hydroxylation sites is 1. The first-order chi connectivity index (χ1) is 12.3. The van der Waals surface area contributed by atoms with Gasteiger partial charge >= 0.3 is 0 Å². The largest absolute Gasteiger partial charge is 0.368 e. The zero-order valence-electron chi connectivity index (χ0n) is 14.3. The van der Waals surface area contributed by atoms with Crippen LogP contribution in [0.3, 0.4) is 0 Å². The molecular formula is C18H24N6O. The number of nitrogens with one attached hydrogen (secondary N) is 1. The Morgan fingerprint density at radius 1 is 1.16 bits per heavy atom. The highest BCUT2D eigenvalue weighted by atomic mass is 16.2. The molecule has 132 valence electrons. The van der Waals surface area contributed by atoms with Crippen molar-refractivity contribution in [2.24, 2.45) is 0 Å². The van der Waals surface area contributed by atoms with Gasteiger partial charge in [0.1, 0.15) is 12.2 Å². The maximum atomic E-state index is 12.5. The molecule has 0 aliphatic carbocycles. The molecule has 7 nitrogen and oxygen atoms in total. The van der Waals surface area contributed by atoms with Gasteiger partial charge in [-0.1, -0.05) is 18.2 Å². The summed E-state index contributed by atoms with van der Waals surface area (Å²) in [4.78, 5) is 21.0. The van der Waals surface area contributed by atoms with E-state index < -0.39 is 0 Å². The molecule has 1 saturated heterocycles. The topological polar surface area (TPSA) is 66.3 Å². The SMILES string of the molecule is O=C(CNC1CCc2ncnn2C1)N1CCN(c2ccccc2)CC1. The van der Waals surface area contributed by atoms with Gasteiger partial charge in [0, 0.05) is 44.3 Å². The smallest absolute Gasteiger partial charge is 0.236 e. The fourth-order valence-electron chi connectivity index (χ4n) is 3.60. The molecule has 2 aliphatic rings. The fourth-order valence-corrected chi connectivity index (χ4v) is 3.60. The molecule has 1 fully saturated rings. The molecule has 1 unspecified atom stereocenters. The fraction of sp³-hybridized carbons (Fsp3) is 0.500. The van der Waals surface area contributed by atoms with Gasteiger partial charge in [0.25, 0.3) is 0 Å². The molecule has 25 heavy (non-hydrogen) atoms. The van der Waals surface area contributed by atoms with Crippen molar-refractivity contribution in [3.63, 3.8) is 0 Å². The van der Waals surface area contributed by atoms with Crippen LogP contribution in [0.15, 0.2) is 36.7 Å². The minimum absolute atomic E-state index is 0.192. The van der Waals surface area contributed by atoms with Crippen molar-refractivity contribution in [1.82, 2.24) is 25.0 Å². The first kappa shape index (κ1) is 16.1. The lowest BCUT2D eigenvalue weighted by Crippen LogP contribution is -2.52. The Hall–Kier alpha value is -2.41. The quantitative estimate of drug-likeness (QED) is 0.880. The van der Waals surface area contributed by atoms with Crippen LogP contribution in [-0.4, -0.2) is 64.3 Å². The highest BCUT2D eigenvalue weighted by Gasteiger charge is 2.23. The molecule has 1 aromatic heterocycles.